The number of esters is 2. The molecule has 0 aromatic heterocycles. The van der Waals surface area contributed by atoms with E-state index in [0.717, 1.165) is 103 Å². The number of hydrogen-bond donors (Lipinski definition) is 2. The average molecular weight is 834 g/mol. The molecule has 0 heterocycles. The van der Waals surface area contributed by atoms with Gasteiger partial charge in [-0.05, 0) is 83.5 Å². The monoisotopic (exact) mass is 834 g/mol. The van der Waals surface area contributed by atoms with Crippen LogP contribution in [0.4, 0.5) is 0 Å². The number of ether oxygens (including phenoxy) is 2. The van der Waals surface area contributed by atoms with Crippen LogP contribution in [0, 0.1) is 0 Å². The minimum absolute atomic E-state index is 0.0454. The average Bonchev–Trinajstić information content (AvgIpc) is 3.21. The fraction of sp³-hybridized carbons (Fsp3) is 0.708. The van der Waals surface area contributed by atoms with Crippen molar-refractivity contribution in [2.45, 2.75) is 193 Å². The van der Waals surface area contributed by atoms with E-state index in [1.165, 1.54) is 51.4 Å². The van der Waals surface area contributed by atoms with E-state index in [0.29, 0.717) is 6.42 Å². The molecule has 0 aliphatic rings. The van der Waals surface area contributed by atoms with E-state index in [9.17, 15) is 19.0 Å². The molecule has 334 valence electrons. The molecule has 10 heteroatoms. The summed E-state index contributed by atoms with van der Waals surface area (Å²) in [5.74, 6) is -0.864. The van der Waals surface area contributed by atoms with Gasteiger partial charge in [-0.1, -0.05) is 164 Å². The summed E-state index contributed by atoms with van der Waals surface area (Å²) in [5.41, 5.74) is 5.35. The summed E-state index contributed by atoms with van der Waals surface area (Å²) in [5, 5.41) is 0. The highest BCUT2D eigenvalue weighted by atomic mass is 31.2. The lowest BCUT2D eigenvalue weighted by molar-refractivity contribution is -0.161. The summed E-state index contributed by atoms with van der Waals surface area (Å²) in [6, 6.07) is 0. The summed E-state index contributed by atoms with van der Waals surface area (Å²) >= 11 is 0. The van der Waals surface area contributed by atoms with Crippen molar-refractivity contribution in [1.82, 2.24) is 0 Å². The Morgan fingerprint density at radius 2 is 0.948 bits per heavy atom. The second kappa shape index (κ2) is 44.0. The van der Waals surface area contributed by atoms with Crippen LogP contribution in [-0.2, 0) is 32.7 Å². The van der Waals surface area contributed by atoms with Crippen molar-refractivity contribution >= 4 is 19.8 Å². The Hall–Kier alpha value is -2.55. The number of carbonyl (C=O) groups is 2. The Kier molecular flexibility index (Phi) is 42.1. The van der Waals surface area contributed by atoms with Crippen LogP contribution in [0.5, 0.6) is 0 Å². The lowest BCUT2D eigenvalue weighted by atomic mass is 10.1. The number of hydrogen-bond acceptors (Lipinski definition) is 8. The Bertz CT molecular complexity index is 1180. The standard InChI is InChI=1S/C48H84NO8P/c1-3-5-7-9-11-13-15-17-19-21-22-23-24-25-27-29-31-33-35-37-39-41-48(51)57-46(45-56-58(52,53)55-43-42-49)44-54-47(50)40-38-36-34-32-30-28-26-20-18-16-14-12-10-8-6-4-2/h5,7,11,13,17,19-20,22-23,25-27,46H,3-4,6,8-10,12,14-16,18,21,24,28-45,49H2,1-2H3,(H,52,53)/b7-5-,13-11-,19-17-,23-22-,26-20-,27-25-. The molecule has 0 spiro atoms. The van der Waals surface area contributed by atoms with Crippen LogP contribution in [0.2, 0.25) is 0 Å². The summed E-state index contributed by atoms with van der Waals surface area (Å²) in [4.78, 5) is 34.9. The molecule has 2 atom stereocenters. The summed E-state index contributed by atoms with van der Waals surface area (Å²) in [6.45, 7) is 3.58. The summed E-state index contributed by atoms with van der Waals surface area (Å²) < 4.78 is 32.8. The number of unbranched alkanes of at least 4 members (excludes halogenated alkanes) is 17. The van der Waals surface area contributed by atoms with Gasteiger partial charge in [0.15, 0.2) is 6.10 Å². The lowest BCUT2D eigenvalue weighted by Gasteiger charge is -2.19. The van der Waals surface area contributed by atoms with Crippen molar-refractivity contribution in [3.8, 4) is 0 Å². The minimum Gasteiger partial charge on any atom is -0.462 e. The maximum absolute atomic E-state index is 12.6. The molecule has 2 unspecified atom stereocenters. The van der Waals surface area contributed by atoms with E-state index in [4.69, 9.17) is 24.3 Å². The van der Waals surface area contributed by atoms with Gasteiger partial charge in [-0.3, -0.25) is 18.6 Å². The minimum atomic E-state index is -4.39. The maximum Gasteiger partial charge on any atom is 0.472 e. The zero-order valence-corrected chi connectivity index (χ0v) is 37.6. The number of phosphoric ester groups is 1. The van der Waals surface area contributed by atoms with Crippen molar-refractivity contribution in [1.29, 1.82) is 0 Å². The predicted octanol–water partition coefficient (Wildman–Crippen LogP) is 13.4. The number of allylic oxidation sites excluding steroid dienone is 12. The van der Waals surface area contributed by atoms with Crippen LogP contribution < -0.4 is 5.73 Å². The number of phosphoric acid groups is 1. The first kappa shape index (κ1) is 55.5. The first-order valence-corrected chi connectivity index (χ1v) is 24.4. The Balaban J connectivity index is 4.19. The predicted molar refractivity (Wildman–Crippen MR) is 242 cm³/mol. The van der Waals surface area contributed by atoms with Crippen LogP contribution in [0.15, 0.2) is 72.9 Å². The van der Waals surface area contributed by atoms with Crippen molar-refractivity contribution in [3.63, 3.8) is 0 Å². The lowest BCUT2D eigenvalue weighted by Crippen LogP contribution is -2.29. The van der Waals surface area contributed by atoms with Crippen molar-refractivity contribution in [2.75, 3.05) is 26.4 Å². The molecule has 0 aromatic carbocycles. The maximum atomic E-state index is 12.6. The van der Waals surface area contributed by atoms with Gasteiger partial charge in [0.25, 0.3) is 0 Å². The highest BCUT2D eigenvalue weighted by Crippen LogP contribution is 2.43. The molecule has 0 bridgehead atoms. The fourth-order valence-corrected chi connectivity index (χ4v) is 6.71. The quantitative estimate of drug-likeness (QED) is 0.0267. The first-order chi connectivity index (χ1) is 28.3. The molecule has 0 radical (unpaired) electrons. The van der Waals surface area contributed by atoms with E-state index >= 15 is 0 Å². The molecule has 0 rings (SSSR count). The number of nitrogens with two attached hydrogens (primary N) is 1. The highest BCUT2D eigenvalue weighted by Gasteiger charge is 2.26. The van der Waals surface area contributed by atoms with Crippen molar-refractivity contribution in [3.05, 3.63) is 72.9 Å². The molecule has 0 aromatic rings. The Labute approximate surface area is 354 Å². The Morgan fingerprint density at radius 1 is 0.534 bits per heavy atom. The molecule has 0 saturated heterocycles. The number of carbonyl (C=O) groups excluding carboxylic acids is 2. The van der Waals surface area contributed by atoms with E-state index in [1.807, 2.05) is 0 Å². The van der Waals surface area contributed by atoms with Crippen LogP contribution in [-0.4, -0.2) is 49.3 Å². The van der Waals surface area contributed by atoms with Gasteiger partial charge in [0.1, 0.15) is 6.61 Å². The van der Waals surface area contributed by atoms with Crippen LogP contribution in [0.25, 0.3) is 0 Å². The molecule has 0 aliphatic carbocycles. The second-order valence-electron chi connectivity index (χ2n) is 14.9. The number of rotatable bonds is 42. The van der Waals surface area contributed by atoms with Gasteiger partial charge in [0, 0.05) is 19.4 Å². The van der Waals surface area contributed by atoms with Gasteiger partial charge < -0.3 is 20.1 Å². The smallest absolute Gasteiger partial charge is 0.462 e. The third kappa shape index (κ3) is 43.0. The molecular formula is C48H84NO8P. The third-order valence-electron chi connectivity index (χ3n) is 9.33. The largest absolute Gasteiger partial charge is 0.472 e. The molecule has 9 nitrogen and oxygen atoms in total. The van der Waals surface area contributed by atoms with Crippen molar-refractivity contribution in [2.24, 2.45) is 5.73 Å². The van der Waals surface area contributed by atoms with Crippen molar-refractivity contribution < 1.29 is 37.6 Å². The summed E-state index contributed by atoms with van der Waals surface area (Å²) in [7, 11) is -4.39. The SMILES string of the molecule is CC/C=C\C/C=C\C/C=C\C/C=C\C/C=C\CCCCCCCC(=O)OC(COC(=O)CCCCCCC/C=C\CCCCCCCCC)COP(=O)(O)OCCN. The van der Waals surface area contributed by atoms with Gasteiger partial charge in [0.2, 0.25) is 0 Å². The van der Waals surface area contributed by atoms with E-state index < -0.39 is 32.5 Å². The van der Waals surface area contributed by atoms with Crippen LogP contribution >= 0.6 is 7.82 Å². The van der Waals surface area contributed by atoms with E-state index in [-0.39, 0.29) is 32.6 Å². The fourth-order valence-electron chi connectivity index (χ4n) is 5.95. The zero-order valence-electron chi connectivity index (χ0n) is 36.8. The van der Waals surface area contributed by atoms with Crippen LogP contribution in [0.3, 0.4) is 0 Å². The van der Waals surface area contributed by atoms with Gasteiger partial charge in [-0.25, -0.2) is 4.57 Å². The second-order valence-corrected chi connectivity index (χ2v) is 16.3. The molecular weight excluding hydrogens is 750 g/mol. The van der Waals surface area contributed by atoms with E-state index in [2.05, 4.69) is 86.8 Å². The van der Waals surface area contributed by atoms with Gasteiger partial charge in [-0.2, -0.15) is 0 Å². The molecule has 3 N–H and O–H groups in total. The first-order valence-electron chi connectivity index (χ1n) is 22.9. The Morgan fingerprint density at radius 3 is 1.43 bits per heavy atom. The zero-order chi connectivity index (χ0) is 42.5. The normalized spacial score (nSPS) is 13.9. The van der Waals surface area contributed by atoms with Crippen LogP contribution in [0.1, 0.15) is 187 Å². The molecule has 0 aliphatic heterocycles. The molecule has 58 heavy (non-hydrogen) atoms. The van der Waals surface area contributed by atoms with Gasteiger partial charge in [0.05, 0.1) is 13.2 Å². The van der Waals surface area contributed by atoms with E-state index in [1.54, 1.807) is 0 Å². The molecule has 0 saturated carbocycles. The molecule has 0 fully saturated rings. The molecule has 0 amide bonds. The third-order valence-corrected chi connectivity index (χ3v) is 10.3. The highest BCUT2D eigenvalue weighted by molar-refractivity contribution is 7.47. The topological polar surface area (TPSA) is 134 Å². The van der Waals surface area contributed by atoms with Gasteiger partial charge in [-0.15, -0.1) is 0 Å². The van der Waals surface area contributed by atoms with Gasteiger partial charge >= 0.3 is 19.8 Å². The summed E-state index contributed by atoms with van der Waals surface area (Å²) in [6.07, 6.45) is 53.6.